The number of fused-ring (bicyclic) bond motifs is 6. The van der Waals surface area contributed by atoms with E-state index in [9.17, 15) is 0 Å². The first-order valence-electron chi connectivity index (χ1n) is 20.7. The number of hydrogen-bond acceptors (Lipinski definition) is 8. The van der Waals surface area contributed by atoms with E-state index >= 15 is 0 Å². The molecule has 8 aromatic rings. The van der Waals surface area contributed by atoms with Gasteiger partial charge in [0, 0.05) is 32.7 Å². The molecule has 0 aliphatic carbocycles. The van der Waals surface area contributed by atoms with Crippen molar-refractivity contribution < 1.29 is 35.3 Å². The summed E-state index contributed by atoms with van der Waals surface area (Å²) in [6, 6.07) is 31.3. The molecule has 0 amide bonds. The monoisotopic (exact) mass is 910 g/mol. The number of para-hydroxylation sites is 2. The minimum atomic E-state index is -2.17. The van der Waals surface area contributed by atoms with Gasteiger partial charge in [-0.1, -0.05) is 127 Å². The Kier molecular flexibility index (Phi) is 12.6. The first-order valence-corrected chi connectivity index (χ1v) is 23.7. The fourth-order valence-electron chi connectivity index (χ4n) is 7.68. The Hall–Kier alpha value is -5.10. The standard InChI is InChI=1S/C50H50Cl2O8P2/c1-27(2)35-25-37(29(5)6)49(59-61-55-41-17-13-11-15-33(41)34-16-12-14-18-42(34)56-61)45(47(35)51)46-48(52)36(28(3)4)26-38(30(7)8)50(46)60-62-57-43-21-19-31(53-9)23-39(43)40-24-32(54-10)20-22-44(40)58-62/h11-30H,1-10H3. The quantitative estimate of drug-likeness (QED) is 0.127. The molecule has 0 atom stereocenters. The first kappa shape index (κ1) is 43.5. The van der Waals surface area contributed by atoms with Crippen molar-refractivity contribution in [3.63, 3.8) is 0 Å². The van der Waals surface area contributed by atoms with Crippen LogP contribution in [0.2, 0.25) is 10.0 Å². The van der Waals surface area contributed by atoms with E-state index in [-0.39, 0.29) is 23.7 Å². The van der Waals surface area contributed by atoms with E-state index in [1.165, 1.54) is 0 Å². The zero-order valence-corrected chi connectivity index (χ0v) is 39.8. The van der Waals surface area contributed by atoms with Gasteiger partial charge in [-0.25, -0.2) is 0 Å². The summed E-state index contributed by atoms with van der Waals surface area (Å²) in [5.74, 6) is 2.34. The van der Waals surface area contributed by atoms with Gasteiger partial charge in [0.05, 0.1) is 24.3 Å². The maximum absolute atomic E-state index is 7.76. The van der Waals surface area contributed by atoms with Crippen molar-refractivity contribution in [3.8, 4) is 34.1 Å². The van der Waals surface area contributed by atoms with Gasteiger partial charge >= 0.3 is 16.5 Å². The molecule has 0 aliphatic heterocycles. The molecule has 0 saturated heterocycles. The maximum Gasteiger partial charge on any atom is 0.453 e. The van der Waals surface area contributed by atoms with E-state index in [0.29, 0.717) is 66.5 Å². The van der Waals surface area contributed by atoms with Gasteiger partial charge in [-0.3, -0.25) is 0 Å². The summed E-state index contributed by atoms with van der Waals surface area (Å²) in [6.45, 7) is 17.0. The van der Waals surface area contributed by atoms with Gasteiger partial charge in [0.1, 0.15) is 45.3 Å². The summed E-state index contributed by atoms with van der Waals surface area (Å²) in [7, 11) is -0.991. The molecule has 12 heteroatoms. The number of rotatable bonds is 11. The van der Waals surface area contributed by atoms with Crippen LogP contribution in [-0.2, 0) is 0 Å². The summed E-state index contributed by atoms with van der Waals surface area (Å²) < 4.78 is 52.3. The van der Waals surface area contributed by atoms with Crippen LogP contribution in [0, 0.1) is 0 Å². The lowest BCUT2D eigenvalue weighted by Gasteiger charge is -2.26. The summed E-state index contributed by atoms with van der Waals surface area (Å²) in [4.78, 5) is 0. The molecule has 6 aromatic carbocycles. The topological polar surface area (TPSA) is 89.5 Å². The SMILES string of the molecule is COc1ccc2op(Oc3c(C(C)C)cc(C(C)C)c(Cl)c3-c3c(Cl)c(C(C)C)cc(C(C)C)c3Op3oc4ccccc4c4ccccc4o3)oc3ccc(OC)cc3c2c1. The van der Waals surface area contributed by atoms with Crippen LogP contribution < -0.4 is 18.5 Å². The predicted molar refractivity (Wildman–Crippen MR) is 256 cm³/mol. The second-order valence-electron chi connectivity index (χ2n) is 16.5. The van der Waals surface area contributed by atoms with E-state index in [1.54, 1.807) is 14.2 Å². The van der Waals surface area contributed by atoms with Gasteiger partial charge < -0.3 is 35.3 Å². The van der Waals surface area contributed by atoms with Crippen molar-refractivity contribution in [2.45, 2.75) is 79.1 Å². The normalized spacial score (nSPS) is 11.8. The predicted octanol–water partition coefficient (Wildman–Crippen LogP) is 18.1. The highest BCUT2D eigenvalue weighted by atomic mass is 35.5. The third-order valence-electron chi connectivity index (χ3n) is 11.0. The minimum Gasteiger partial charge on any atom is -0.497 e. The average molecular weight is 912 g/mol. The lowest BCUT2D eigenvalue weighted by molar-refractivity contribution is 0.415. The number of ether oxygens (including phenoxy) is 2. The Labute approximate surface area is 373 Å². The van der Waals surface area contributed by atoms with Gasteiger partial charge in [-0.2, -0.15) is 0 Å². The van der Waals surface area contributed by atoms with Gasteiger partial charge in [-0.05, 0) is 94.5 Å². The molecule has 0 aliphatic rings. The summed E-state index contributed by atoms with van der Waals surface area (Å²) in [5, 5.41) is 4.31. The van der Waals surface area contributed by atoms with Crippen LogP contribution in [0.3, 0.4) is 0 Å². The molecule has 2 heterocycles. The maximum atomic E-state index is 7.76. The number of benzene rings is 6. The van der Waals surface area contributed by atoms with E-state index < -0.39 is 16.5 Å². The van der Waals surface area contributed by atoms with Crippen molar-refractivity contribution in [1.82, 2.24) is 0 Å². The minimum absolute atomic E-state index is 0.0130. The summed E-state index contributed by atoms with van der Waals surface area (Å²) >= 11 is 15.5. The number of halogens is 2. The smallest absolute Gasteiger partial charge is 0.453 e. The molecule has 0 bridgehead atoms. The highest BCUT2D eigenvalue weighted by Crippen LogP contribution is 2.57. The molecule has 322 valence electrons. The molecular weight excluding hydrogens is 861 g/mol. The number of methoxy groups -OCH3 is 2. The molecule has 2 aromatic heterocycles. The average Bonchev–Trinajstić information content (AvgIpc) is 3.50. The van der Waals surface area contributed by atoms with E-state index in [4.69, 9.17) is 58.5 Å². The van der Waals surface area contributed by atoms with Crippen LogP contribution >= 0.6 is 39.7 Å². The van der Waals surface area contributed by atoms with Crippen molar-refractivity contribution in [3.05, 3.63) is 129 Å². The van der Waals surface area contributed by atoms with Crippen molar-refractivity contribution >= 4 is 83.6 Å². The zero-order chi connectivity index (χ0) is 44.0. The molecule has 0 spiro atoms. The van der Waals surface area contributed by atoms with Crippen molar-refractivity contribution in [1.29, 1.82) is 0 Å². The van der Waals surface area contributed by atoms with Crippen LogP contribution in [0.5, 0.6) is 23.0 Å². The van der Waals surface area contributed by atoms with Crippen LogP contribution in [0.25, 0.3) is 55.0 Å². The lowest BCUT2D eigenvalue weighted by Crippen LogP contribution is -2.05. The number of hydrogen-bond donors (Lipinski definition) is 0. The summed E-state index contributed by atoms with van der Waals surface area (Å²) in [5.41, 5.74) is 7.23. The fraction of sp³-hybridized carbons (Fsp3) is 0.280. The Bertz CT molecular complexity index is 2940. The van der Waals surface area contributed by atoms with Gasteiger partial charge in [0.2, 0.25) is 0 Å². The zero-order valence-electron chi connectivity index (χ0n) is 36.5. The molecule has 8 rings (SSSR count). The largest absolute Gasteiger partial charge is 0.497 e. The Morgan fingerprint density at radius 1 is 0.419 bits per heavy atom. The van der Waals surface area contributed by atoms with Crippen LogP contribution in [0.4, 0.5) is 0 Å². The van der Waals surface area contributed by atoms with Crippen LogP contribution in [0.15, 0.2) is 114 Å². The van der Waals surface area contributed by atoms with Crippen LogP contribution in [0.1, 0.15) is 101 Å². The fourth-order valence-corrected chi connectivity index (χ4v) is 10.8. The Balaban J connectivity index is 1.48. The van der Waals surface area contributed by atoms with Crippen molar-refractivity contribution in [2.75, 3.05) is 14.2 Å². The van der Waals surface area contributed by atoms with Gasteiger partial charge in [0.15, 0.2) is 0 Å². The van der Waals surface area contributed by atoms with E-state index in [2.05, 4.69) is 67.5 Å². The molecule has 0 fully saturated rings. The van der Waals surface area contributed by atoms with Gasteiger partial charge in [0.25, 0.3) is 0 Å². The third kappa shape index (κ3) is 8.27. The van der Waals surface area contributed by atoms with E-state index in [1.807, 2.05) is 84.9 Å². The second-order valence-corrected chi connectivity index (χ2v) is 19.2. The Morgan fingerprint density at radius 3 is 1.10 bits per heavy atom. The molecular formula is C50H50Cl2O8P2. The molecule has 0 radical (unpaired) electrons. The first-order chi connectivity index (χ1) is 29.8. The molecule has 0 unspecified atom stereocenters. The lowest BCUT2D eigenvalue weighted by atomic mass is 9.85. The Morgan fingerprint density at radius 2 is 0.758 bits per heavy atom. The molecule has 62 heavy (non-hydrogen) atoms. The highest BCUT2D eigenvalue weighted by Gasteiger charge is 2.32. The molecule has 8 nitrogen and oxygen atoms in total. The van der Waals surface area contributed by atoms with E-state index in [0.717, 1.165) is 43.8 Å². The highest BCUT2D eigenvalue weighted by molar-refractivity contribution is 7.32. The second kappa shape index (κ2) is 17.9. The molecule has 0 saturated carbocycles. The van der Waals surface area contributed by atoms with Gasteiger partial charge in [-0.15, -0.1) is 0 Å². The third-order valence-corrected chi connectivity index (χ3v) is 13.9. The summed E-state index contributed by atoms with van der Waals surface area (Å²) in [6.07, 6.45) is 0. The molecule has 0 N–H and O–H groups in total. The van der Waals surface area contributed by atoms with Crippen molar-refractivity contribution in [2.24, 2.45) is 0 Å². The van der Waals surface area contributed by atoms with Crippen LogP contribution in [-0.4, -0.2) is 14.2 Å².